The number of hydrogen-bond acceptors (Lipinski definition) is 3. The molecule has 0 rings (SSSR count). The van der Waals surface area contributed by atoms with E-state index in [1.807, 2.05) is 0 Å². The van der Waals surface area contributed by atoms with Crippen LogP contribution in [0.15, 0.2) is 3.77 Å². The molecule has 0 saturated carbocycles. The van der Waals surface area contributed by atoms with E-state index in [9.17, 15) is 12.6 Å². The van der Waals surface area contributed by atoms with Crippen LogP contribution in [0.2, 0.25) is 0 Å². The lowest BCUT2D eigenvalue weighted by Gasteiger charge is -2.03. The fourth-order valence-corrected chi connectivity index (χ4v) is 1.50. The van der Waals surface area contributed by atoms with Crippen LogP contribution in [0.3, 0.4) is 0 Å². The average Bonchev–Trinajstić information content (AvgIpc) is 1.61. The lowest BCUT2D eigenvalue weighted by atomic mass is 11.8. The predicted molar refractivity (Wildman–Crippen MR) is 39.8 cm³/mol. The summed E-state index contributed by atoms with van der Waals surface area (Å²) in [5, 5.41) is 0. The molecule has 0 unspecified atom stereocenters. The highest BCUT2D eigenvalue weighted by molar-refractivity contribution is 7.98. The van der Waals surface area contributed by atoms with E-state index in [4.69, 9.17) is 34.8 Å². The zero-order valence-electron chi connectivity index (χ0n) is 4.12. The molecule has 0 heterocycles. The molecule has 0 N–H and O–H groups in total. The van der Waals surface area contributed by atoms with E-state index in [2.05, 4.69) is 3.77 Å². The van der Waals surface area contributed by atoms with Gasteiger partial charge < -0.3 is 0 Å². The molecule has 0 radical (unpaired) electrons. The predicted octanol–water partition coefficient (Wildman–Crippen LogP) is 1.04. The van der Waals surface area contributed by atoms with Crippen LogP contribution in [0.25, 0.3) is 0 Å². The highest BCUT2D eigenvalue weighted by Gasteiger charge is 2.38. The molecule has 0 aliphatic carbocycles. The van der Waals surface area contributed by atoms with Gasteiger partial charge in [0.1, 0.15) is 0 Å². The molecular formula is CCl3NO3S2. The average molecular weight is 245 g/mol. The van der Waals surface area contributed by atoms with Crippen LogP contribution in [0.4, 0.5) is 0 Å². The van der Waals surface area contributed by atoms with Crippen molar-refractivity contribution in [1.29, 1.82) is 0 Å². The maximum absolute atomic E-state index is 10.5. The Bertz CT molecular complexity index is 258. The number of sulfonamides is 1. The van der Waals surface area contributed by atoms with E-state index in [0.29, 0.717) is 0 Å². The maximum Gasteiger partial charge on any atom is 0.314 e. The summed E-state index contributed by atoms with van der Waals surface area (Å²) in [5.74, 6) is 0. The fraction of sp³-hybridized carbons (Fsp3) is 1.00. The van der Waals surface area contributed by atoms with Gasteiger partial charge in [0, 0.05) is 0 Å². The molecule has 4 nitrogen and oxygen atoms in total. The van der Waals surface area contributed by atoms with E-state index in [0.717, 1.165) is 0 Å². The fourth-order valence-electron chi connectivity index (χ4n) is 0.0823. The van der Waals surface area contributed by atoms with Gasteiger partial charge in [-0.05, 0) is 0 Å². The molecule has 0 bridgehead atoms. The van der Waals surface area contributed by atoms with E-state index >= 15 is 0 Å². The monoisotopic (exact) mass is 243 g/mol. The molecular weight excluding hydrogens is 245 g/mol. The highest BCUT2D eigenvalue weighted by Crippen LogP contribution is 2.33. The van der Waals surface area contributed by atoms with Gasteiger partial charge in [0.15, 0.2) is 0 Å². The second-order valence-electron chi connectivity index (χ2n) is 1.07. The van der Waals surface area contributed by atoms with Gasteiger partial charge in [-0.15, -0.1) is 0 Å². The van der Waals surface area contributed by atoms with Gasteiger partial charge in [0.05, 0.1) is 0 Å². The van der Waals surface area contributed by atoms with Crippen LogP contribution >= 0.6 is 34.8 Å². The first-order valence-corrected chi connectivity index (χ1v) is 4.91. The number of halogens is 3. The van der Waals surface area contributed by atoms with Gasteiger partial charge in [-0.1, -0.05) is 38.6 Å². The quantitative estimate of drug-likeness (QED) is 0.648. The van der Waals surface area contributed by atoms with Crippen LogP contribution in [0.5, 0.6) is 0 Å². The Hall–Kier alpha value is 0.640. The Balaban J connectivity index is 4.97. The van der Waals surface area contributed by atoms with Gasteiger partial charge >= 0.3 is 13.1 Å². The lowest BCUT2D eigenvalue weighted by Crippen LogP contribution is -2.15. The normalized spacial score (nSPS) is 12.7. The molecule has 0 aromatic carbocycles. The van der Waals surface area contributed by atoms with Crippen molar-refractivity contribution in [3.8, 4) is 0 Å². The van der Waals surface area contributed by atoms with E-state index < -0.39 is 24.6 Å². The molecule has 0 amide bonds. The molecule has 0 aromatic heterocycles. The zero-order chi connectivity index (χ0) is 8.41. The van der Waals surface area contributed by atoms with Crippen molar-refractivity contribution in [2.45, 2.75) is 3.12 Å². The number of hydrogen-bond donors (Lipinski definition) is 0. The Kier molecular flexibility index (Phi) is 3.57. The molecule has 0 saturated heterocycles. The smallest absolute Gasteiger partial charge is 0.199 e. The molecule has 0 aliphatic heterocycles. The third-order valence-electron chi connectivity index (χ3n) is 0.421. The van der Waals surface area contributed by atoms with Gasteiger partial charge in [0.2, 0.25) is 11.5 Å². The second-order valence-corrected chi connectivity index (χ2v) is 6.33. The molecule has 0 fully saturated rings. The standard InChI is InChI=1S/CCl3NO3S2/c2-1(3,4)10(7,8)5-9-6. The lowest BCUT2D eigenvalue weighted by molar-refractivity contribution is 0.598. The van der Waals surface area contributed by atoms with E-state index in [1.165, 1.54) is 0 Å². The number of alkyl halides is 3. The molecule has 0 aromatic rings. The largest absolute Gasteiger partial charge is 0.314 e. The first-order valence-electron chi connectivity index (χ1n) is 1.64. The van der Waals surface area contributed by atoms with Gasteiger partial charge in [-0.2, -0.15) is 12.6 Å². The molecule has 0 aliphatic rings. The Labute approximate surface area is 75.8 Å². The van der Waals surface area contributed by atoms with E-state index in [1.54, 1.807) is 0 Å². The summed E-state index contributed by atoms with van der Waals surface area (Å²) in [6, 6.07) is 0. The summed E-state index contributed by atoms with van der Waals surface area (Å²) in [5.41, 5.74) is 0. The molecule has 0 spiro atoms. The van der Waals surface area contributed by atoms with Crippen LogP contribution in [0.1, 0.15) is 0 Å². The summed E-state index contributed by atoms with van der Waals surface area (Å²) in [6.45, 7) is 0. The minimum absolute atomic E-state index is 0.531. The summed E-state index contributed by atoms with van der Waals surface area (Å²) in [7, 11) is -4.28. The highest BCUT2D eigenvalue weighted by atomic mass is 35.6. The summed E-state index contributed by atoms with van der Waals surface area (Å²) >= 11 is 14.2. The molecule has 10 heavy (non-hydrogen) atoms. The summed E-state index contributed by atoms with van der Waals surface area (Å²) in [6.07, 6.45) is 0. The second kappa shape index (κ2) is 3.36. The van der Waals surface area contributed by atoms with E-state index in [-0.39, 0.29) is 0 Å². The van der Waals surface area contributed by atoms with Crippen molar-refractivity contribution in [2.75, 3.05) is 0 Å². The zero-order valence-corrected chi connectivity index (χ0v) is 8.02. The third kappa shape index (κ3) is 2.71. The minimum Gasteiger partial charge on any atom is -0.199 e. The Morgan fingerprint density at radius 3 is 1.80 bits per heavy atom. The third-order valence-corrected chi connectivity index (χ3v) is 3.79. The minimum atomic E-state index is -4.28. The summed E-state index contributed by atoms with van der Waals surface area (Å²) < 4.78 is 30.4. The number of rotatable bonds is 1. The summed E-state index contributed by atoms with van der Waals surface area (Å²) in [4.78, 5) is 0. The maximum atomic E-state index is 10.5. The molecule has 0 atom stereocenters. The SMILES string of the molecule is O=S=NS(=O)(=O)C(Cl)(Cl)Cl. The van der Waals surface area contributed by atoms with Crippen LogP contribution in [-0.2, 0) is 21.5 Å². The van der Waals surface area contributed by atoms with Crippen molar-refractivity contribution in [3.63, 3.8) is 0 Å². The Morgan fingerprint density at radius 1 is 1.30 bits per heavy atom. The molecule has 9 heteroatoms. The van der Waals surface area contributed by atoms with Crippen molar-refractivity contribution in [2.24, 2.45) is 3.77 Å². The first kappa shape index (κ1) is 10.6. The van der Waals surface area contributed by atoms with Gasteiger partial charge in [-0.25, -0.2) is 0 Å². The van der Waals surface area contributed by atoms with Crippen molar-refractivity contribution >= 4 is 56.3 Å². The first-order chi connectivity index (χ1) is 4.31. The Morgan fingerprint density at radius 2 is 1.70 bits per heavy atom. The topological polar surface area (TPSA) is 63.6 Å². The van der Waals surface area contributed by atoms with Crippen LogP contribution < -0.4 is 0 Å². The van der Waals surface area contributed by atoms with Gasteiger partial charge in [0.25, 0.3) is 0 Å². The van der Waals surface area contributed by atoms with Gasteiger partial charge in [-0.3, -0.25) is 0 Å². The number of nitrogens with zero attached hydrogens (tertiary/aromatic N) is 1. The van der Waals surface area contributed by atoms with Crippen LogP contribution in [-0.4, -0.2) is 15.8 Å². The van der Waals surface area contributed by atoms with Crippen molar-refractivity contribution < 1.29 is 12.6 Å². The molecule has 60 valence electrons. The van der Waals surface area contributed by atoms with Crippen LogP contribution in [0, 0.1) is 0 Å². The van der Waals surface area contributed by atoms with Crippen molar-refractivity contribution in [1.82, 2.24) is 0 Å². The van der Waals surface area contributed by atoms with Crippen molar-refractivity contribution in [3.05, 3.63) is 0 Å².